The van der Waals surface area contributed by atoms with E-state index < -0.39 is 0 Å². The number of aromatic nitrogens is 2. The summed E-state index contributed by atoms with van der Waals surface area (Å²) in [7, 11) is 0. The average Bonchev–Trinajstić information content (AvgIpc) is 3.10. The standard InChI is InChI=1S/C16H15N3O2S2/c1-9-8-12(23-16-19-18-11(3)22-16)5-6-13(9)17-15(20)14-7-4-10(2)21-14/h4-8H,1-3H3,(H,17,20). The van der Waals surface area contributed by atoms with Gasteiger partial charge in [0.1, 0.15) is 10.8 Å². The zero-order valence-electron chi connectivity index (χ0n) is 12.9. The van der Waals surface area contributed by atoms with Crippen LogP contribution in [0, 0.1) is 20.8 Å². The molecule has 1 amide bonds. The molecule has 23 heavy (non-hydrogen) atoms. The normalized spacial score (nSPS) is 10.7. The van der Waals surface area contributed by atoms with Crippen molar-refractivity contribution in [1.29, 1.82) is 0 Å². The van der Waals surface area contributed by atoms with Gasteiger partial charge < -0.3 is 9.73 Å². The van der Waals surface area contributed by atoms with Crippen molar-refractivity contribution in [3.63, 3.8) is 0 Å². The highest BCUT2D eigenvalue weighted by atomic mass is 32.2. The fraction of sp³-hybridized carbons (Fsp3) is 0.188. The SMILES string of the molecule is Cc1ccc(C(=O)Nc2ccc(Sc3nnc(C)s3)cc2C)o1. The highest BCUT2D eigenvalue weighted by Crippen LogP contribution is 2.32. The highest BCUT2D eigenvalue weighted by molar-refractivity contribution is 8.01. The summed E-state index contributed by atoms with van der Waals surface area (Å²) in [6, 6.07) is 9.30. The van der Waals surface area contributed by atoms with Gasteiger partial charge in [-0.3, -0.25) is 4.79 Å². The molecule has 2 heterocycles. The Hall–Kier alpha value is -2.12. The summed E-state index contributed by atoms with van der Waals surface area (Å²) < 4.78 is 6.24. The van der Waals surface area contributed by atoms with Crippen molar-refractivity contribution < 1.29 is 9.21 Å². The van der Waals surface area contributed by atoms with E-state index in [0.29, 0.717) is 11.5 Å². The van der Waals surface area contributed by atoms with Crippen LogP contribution in [0.15, 0.2) is 44.0 Å². The summed E-state index contributed by atoms with van der Waals surface area (Å²) in [6.45, 7) is 5.70. The minimum atomic E-state index is -0.249. The first kappa shape index (κ1) is 15.8. The molecule has 0 unspecified atom stereocenters. The molecule has 0 aliphatic carbocycles. The second-order valence-corrected chi connectivity index (χ2v) is 7.53. The van der Waals surface area contributed by atoms with Crippen molar-refractivity contribution in [1.82, 2.24) is 10.2 Å². The van der Waals surface area contributed by atoms with E-state index in [0.717, 1.165) is 25.5 Å². The molecular formula is C16H15N3O2S2. The summed E-state index contributed by atoms with van der Waals surface area (Å²) in [5, 5.41) is 11.9. The first-order valence-corrected chi connectivity index (χ1v) is 8.61. The molecule has 5 nitrogen and oxygen atoms in total. The van der Waals surface area contributed by atoms with Crippen molar-refractivity contribution in [3.05, 3.63) is 52.4 Å². The smallest absolute Gasteiger partial charge is 0.291 e. The van der Waals surface area contributed by atoms with Crippen molar-refractivity contribution in [2.24, 2.45) is 0 Å². The van der Waals surface area contributed by atoms with Crippen LogP contribution in [0.1, 0.15) is 26.9 Å². The number of rotatable bonds is 4. The van der Waals surface area contributed by atoms with Crippen LogP contribution >= 0.6 is 23.1 Å². The summed E-state index contributed by atoms with van der Waals surface area (Å²) in [6.07, 6.45) is 0. The number of benzene rings is 1. The summed E-state index contributed by atoms with van der Waals surface area (Å²) in [4.78, 5) is 13.2. The fourth-order valence-electron chi connectivity index (χ4n) is 2.00. The lowest BCUT2D eigenvalue weighted by atomic mass is 10.2. The van der Waals surface area contributed by atoms with Gasteiger partial charge in [0.05, 0.1) is 0 Å². The van der Waals surface area contributed by atoms with Crippen molar-refractivity contribution in [2.75, 3.05) is 5.32 Å². The molecule has 0 aliphatic heterocycles. The van der Waals surface area contributed by atoms with Crippen LogP contribution in [0.4, 0.5) is 5.69 Å². The average molecular weight is 345 g/mol. The van der Waals surface area contributed by atoms with Crippen molar-refractivity contribution in [2.45, 2.75) is 30.0 Å². The van der Waals surface area contributed by atoms with Gasteiger partial charge in [0, 0.05) is 10.6 Å². The second-order valence-electron chi connectivity index (χ2n) is 5.03. The van der Waals surface area contributed by atoms with Crippen LogP contribution in [-0.2, 0) is 0 Å². The van der Waals surface area contributed by atoms with Gasteiger partial charge in [0.2, 0.25) is 0 Å². The Morgan fingerprint density at radius 1 is 1.17 bits per heavy atom. The topological polar surface area (TPSA) is 68.0 Å². The first-order valence-electron chi connectivity index (χ1n) is 6.97. The van der Waals surface area contributed by atoms with E-state index in [1.807, 2.05) is 39.0 Å². The molecule has 0 radical (unpaired) electrons. The molecule has 0 bridgehead atoms. The summed E-state index contributed by atoms with van der Waals surface area (Å²) >= 11 is 3.13. The maximum Gasteiger partial charge on any atom is 0.291 e. The number of nitrogens with one attached hydrogen (secondary N) is 1. The number of hydrogen-bond donors (Lipinski definition) is 1. The van der Waals surface area contributed by atoms with E-state index >= 15 is 0 Å². The lowest BCUT2D eigenvalue weighted by Crippen LogP contribution is -2.11. The van der Waals surface area contributed by atoms with E-state index in [9.17, 15) is 4.79 Å². The quantitative estimate of drug-likeness (QED) is 0.756. The van der Waals surface area contributed by atoms with Gasteiger partial charge >= 0.3 is 0 Å². The fourth-order valence-corrected chi connectivity index (χ4v) is 3.89. The van der Waals surface area contributed by atoms with E-state index in [2.05, 4.69) is 15.5 Å². The van der Waals surface area contributed by atoms with Gasteiger partial charge in [-0.05, 0) is 56.7 Å². The number of carbonyl (C=O) groups is 1. The molecule has 1 N–H and O–H groups in total. The lowest BCUT2D eigenvalue weighted by Gasteiger charge is -2.08. The van der Waals surface area contributed by atoms with Crippen molar-refractivity contribution in [3.8, 4) is 0 Å². The number of amides is 1. The first-order chi connectivity index (χ1) is 11.0. The van der Waals surface area contributed by atoms with E-state index in [-0.39, 0.29) is 5.91 Å². The van der Waals surface area contributed by atoms with Gasteiger partial charge in [-0.2, -0.15) is 0 Å². The zero-order valence-corrected chi connectivity index (χ0v) is 14.5. The molecule has 3 aromatic rings. The van der Waals surface area contributed by atoms with E-state index in [1.54, 1.807) is 35.2 Å². The Morgan fingerprint density at radius 2 is 2.00 bits per heavy atom. The number of aryl methyl sites for hydroxylation is 3. The van der Waals surface area contributed by atoms with Crippen LogP contribution < -0.4 is 5.32 Å². The summed E-state index contributed by atoms with van der Waals surface area (Å²) in [5.41, 5.74) is 1.75. The van der Waals surface area contributed by atoms with Gasteiger partial charge in [-0.15, -0.1) is 10.2 Å². The molecule has 0 aliphatic rings. The Balaban J connectivity index is 1.73. The molecule has 0 saturated heterocycles. The molecule has 0 saturated carbocycles. The monoisotopic (exact) mass is 345 g/mol. The predicted octanol–water partition coefficient (Wildman–Crippen LogP) is 4.46. The second kappa shape index (κ2) is 6.55. The largest absolute Gasteiger partial charge is 0.456 e. The van der Waals surface area contributed by atoms with Crippen LogP contribution in [0.3, 0.4) is 0 Å². The minimum Gasteiger partial charge on any atom is -0.456 e. The highest BCUT2D eigenvalue weighted by Gasteiger charge is 2.12. The van der Waals surface area contributed by atoms with Gasteiger partial charge in [-0.25, -0.2) is 0 Å². The van der Waals surface area contributed by atoms with Gasteiger partial charge in [0.25, 0.3) is 5.91 Å². The van der Waals surface area contributed by atoms with Gasteiger partial charge in [-0.1, -0.05) is 23.1 Å². The Morgan fingerprint density at radius 3 is 2.61 bits per heavy atom. The molecule has 3 rings (SSSR count). The van der Waals surface area contributed by atoms with E-state index in [1.165, 1.54) is 0 Å². The molecule has 0 atom stereocenters. The molecule has 1 aromatic carbocycles. The zero-order chi connectivity index (χ0) is 16.4. The number of carbonyl (C=O) groups excluding carboxylic acids is 1. The minimum absolute atomic E-state index is 0.249. The third kappa shape index (κ3) is 3.80. The van der Waals surface area contributed by atoms with E-state index in [4.69, 9.17) is 4.42 Å². The number of anilines is 1. The third-order valence-corrected chi connectivity index (χ3v) is 5.00. The molecule has 7 heteroatoms. The van der Waals surface area contributed by atoms with Crippen molar-refractivity contribution >= 4 is 34.7 Å². The predicted molar refractivity (Wildman–Crippen MR) is 91.3 cm³/mol. The molecule has 0 fully saturated rings. The maximum atomic E-state index is 12.1. The molecule has 2 aromatic heterocycles. The Bertz CT molecular complexity index is 855. The molecule has 0 spiro atoms. The third-order valence-electron chi connectivity index (χ3n) is 3.12. The molecular weight excluding hydrogens is 330 g/mol. The lowest BCUT2D eigenvalue weighted by molar-refractivity contribution is 0.0995. The van der Waals surface area contributed by atoms with Crippen LogP contribution in [0.5, 0.6) is 0 Å². The number of hydrogen-bond acceptors (Lipinski definition) is 6. The number of nitrogens with zero attached hydrogens (tertiary/aromatic N) is 2. The Kier molecular flexibility index (Phi) is 4.49. The number of furan rings is 1. The van der Waals surface area contributed by atoms with Crippen LogP contribution in [0.25, 0.3) is 0 Å². The van der Waals surface area contributed by atoms with Crippen LogP contribution in [0.2, 0.25) is 0 Å². The molecule has 118 valence electrons. The van der Waals surface area contributed by atoms with Gasteiger partial charge in [0.15, 0.2) is 10.1 Å². The summed E-state index contributed by atoms with van der Waals surface area (Å²) in [5.74, 6) is 0.775. The maximum absolute atomic E-state index is 12.1. The Labute approximate surface area is 142 Å². The van der Waals surface area contributed by atoms with Crippen LogP contribution in [-0.4, -0.2) is 16.1 Å².